The molecule has 1 aliphatic rings. The Morgan fingerprint density at radius 2 is 2.10 bits per heavy atom. The molecule has 1 amide bonds. The minimum Gasteiger partial charge on any atom is -0.477 e. The molecule has 0 bridgehead atoms. The van der Waals surface area contributed by atoms with Crippen molar-refractivity contribution in [2.75, 3.05) is 20.3 Å². The summed E-state index contributed by atoms with van der Waals surface area (Å²) in [5, 5.41) is 53.8. The number of carbonyl (C=O) groups excluding carboxylic acids is 1. The van der Waals surface area contributed by atoms with Crippen LogP contribution >= 0.6 is 7.82 Å². The number of rotatable bonds is 10. The third kappa shape index (κ3) is 6.32. The number of nitrogens with zero attached hydrogens (tertiary/aromatic N) is 3. The summed E-state index contributed by atoms with van der Waals surface area (Å²) in [6.07, 6.45) is -8.85. The molecule has 0 aromatic heterocycles. The Morgan fingerprint density at radius 1 is 1.48 bits per heavy atom. The van der Waals surface area contributed by atoms with E-state index in [9.17, 15) is 39.5 Å². The van der Waals surface area contributed by atoms with E-state index >= 15 is 0 Å². The molecule has 29 heavy (non-hydrogen) atoms. The highest BCUT2D eigenvalue weighted by Gasteiger charge is 2.58. The fraction of sp³-hybridized carbons (Fsp3) is 0.833. The number of azide groups is 1. The number of aliphatic hydroxyl groups excluding tert-OH is 4. The van der Waals surface area contributed by atoms with E-state index in [1.807, 2.05) is 0 Å². The van der Waals surface area contributed by atoms with E-state index < -0.39 is 75.5 Å². The number of hydrogen-bond donors (Lipinski definition) is 7. The van der Waals surface area contributed by atoms with Gasteiger partial charge in [-0.05, 0) is 5.53 Å². The molecule has 7 atom stereocenters. The summed E-state index contributed by atoms with van der Waals surface area (Å²) in [5.41, 5.74) is 8.24. The van der Waals surface area contributed by atoms with Gasteiger partial charge in [-0.2, -0.15) is 0 Å². The molecule has 17 heteroatoms. The van der Waals surface area contributed by atoms with Gasteiger partial charge in [-0.3, -0.25) is 9.32 Å². The second kappa shape index (κ2) is 10.3. The summed E-state index contributed by atoms with van der Waals surface area (Å²) >= 11 is 0. The lowest BCUT2D eigenvalue weighted by atomic mass is 9.88. The van der Waals surface area contributed by atoms with Crippen LogP contribution in [-0.4, -0.2) is 98.8 Å². The smallest absolute Gasteiger partial charge is 0.474 e. The molecule has 0 aromatic carbocycles. The first-order valence-corrected chi connectivity index (χ1v) is 9.38. The van der Waals surface area contributed by atoms with E-state index in [2.05, 4.69) is 24.4 Å². The largest absolute Gasteiger partial charge is 0.477 e. The number of hydrogen-bond acceptors (Lipinski definition) is 11. The van der Waals surface area contributed by atoms with Crippen molar-refractivity contribution in [3.05, 3.63) is 10.4 Å². The zero-order valence-electron chi connectivity index (χ0n) is 14.9. The van der Waals surface area contributed by atoms with Crippen molar-refractivity contribution in [1.82, 2.24) is 5.32 Å². The highest BCUT2D eigenvalue weighted by molar-refractivity contribution is 7.47. The Bertz CT molecular complexity index is 702. The number of amides is 1. The molecule has 16 nitrogen and oxygen atoms in total. The number of carboxylic acid groups (broad SMARTS) is 1. The van der Waals surface area contributed by atoms with E-state index in [0.29, 0.717) is 0 Å². The lowest BCUT2D eigenvalue weighted by Gasteiger charge is -2.46. The van der Waals surface area contributed by atoms with Gasteiger partial charge in [0.1, 0.15) is 24.9 Å². The summed E-state index contributed by atoms with van der Waals surface area (Å²) < 4.78 is 25.5. The summed E-state index contributed by atoms with van der Waals surface area (Å²) in [6.45, 7) is -1.74. The monoisotopic (exact) mass is 444 g/mol. The first kappa shape index (κ1) is 25.2. The Morgan fingerprint density at radius 3 is 2.59 bits per heavy atom. The highest BCUT2D eigenvalue weighted by Crippen LogP contribution is 2.50. The lowest BCUT2D eigenvalue weighted by Crippen LogP contribution is -2.68. The first-order valence-electron chi connectivity index (χ1n) is 7.88. The number of phosphoric ester groups is 1. The van der Waals surface area contributed by atoms with Crippen LogP contribution in [-0.2, 0) is 27.9 Å². The Hall–Kier alpha value is -1.84. The number of aliphatic carboxylic acids is 1. The van der Waals surface area contributed by atoms with Crippen LogP contribution in [0.1, 0.15) is 6.42 Å². The Kier molecular flexibility index (Phi) is 8.92. The zero-order chi connectivity index (χ0) is 22.4. The Labute approximate surface area is 162 Å². The SMILES string of the molecule is COP(=O)(O)OC1(C(=O)O)CC(O)C(NC(=O)CN=[N+]=[N-])C([C@H](O)[C@H](O)CO)O1. The number of phosphoric acid groups is 1. The third-order valence-electron chi connectivity index (χ3n) is 3.92. The second-order valence-corrected chi connectivity index (χ2v) is 7.36. The van der Waals surface area contributed by atoms with Crippen molar-refractivity contribution in [2.45, 2.75) is 42.7 Å². The van der Waals surface area contributed by atoms with Crippen molar-refractivity contribution in [3.63, 3.8) is 0 Å². The minimum absolute atomic E-state index is 0.721. The van der Waals surface area contributed by atoms with Crippen LogP contribution in [0.4, 0.5) is 0 Å². The molecule has 0 aliphatic carbocycles. The quantitative estimate of drug-likeness (QED) is 0.0779. The average Bonchev–Trinajstić information content (AvgIpc) is 2.66. The van der Waals surface area contributed by atoms with Crippen LogP contribution in [0.15, 0.2) is 5.11 Å². The second-order valence-electron chi connectivity index (χ2n) is 5.88. The van der Waals surface area contributed by atoms with Crippen molar-refractivity contribution in [3.8, 4) is 0 Å². The van der Waals surface area contributed by atoms with Crippen molar-refractivity contribution >= 4 is 19.7 Å². The molecule has 1 fully saturated rings. The van der Waals surface area contributed by atoms with Gasteiger partial charge in [0.15, 0.2) is 0 Å². The summed E-state index contributed by atoms with van der Waals surface area (Å²) in [7, 11) is -4.26. The van der Waals surface area contributed by atoms with Gasteiger partial charge in [-0.15, -0.1) is 0 Å². The van der Waals surface area contributed by atoms with Crippen LogP contribution in [0.25, 0.3) is 10.4 Å². The highest BCUT2D eigenvalue weighted by atomic mass is 31.2. The van der Waals surface area contributed by atoms with Crippen LogP contribution in [0.3, 0.4) is 0 Å². The summed E-state index contributed by atoms with van der Waals surface area (Å²) in [5.74, 6) is -5.97. The van der Waals surface area contributed by atoms with Gasteiger partial charge >= 0.3 is 13.8 Å². The molecule has 1 saturated heterocycles. The fourth-order valence-electron chi connectivity index (χ4n) is 2.54. The van der Waals surface area contributed by atoms with Crippen molar-refractivity contribution in [1.29, 1.82) is 0 Å². The predicted molar refractivity (Wildman–Crippen MR) is 88.8 cm³/mol. The summed E-state index contributed by atoms with van der Waals surface area (Å²) in [4.78, 5) is 35.4. The van der Waals surface area contributed by atoms with Crippen LogP contribution in [0.5, 0.6) is 0 Å². The standard InChI is InChI=1S/C12H21N4O12P/c1-26-29(24,25)28-12(11(22)23)2-5(18)8(15-7(20)3-14-16-13)10(27-12)9(21)6(19)4-17/h5-6,8-10,17-19,21H,2-4H2,1H3,(H,15,20)(H,22,23)(H,24,25)/t5?,6-,8?,9-,10?,12?/m1/s1. The van der Waals surface area contributed by atoms with Crippen LogP contribution < -0.4 is 5.32 Å². The van der Waals surface area contributed by atoms with E-state index in [1.54, 1.807) is 0 Å². The predicted octanol–water partition coefficient (Wildman–Crippen LogP) is -2.81. The normalized spacial score (nSPS) is 31.0. The van der Waals surface area contributed by atoms with Crippen LogP contribution in [0, 0.1) is 0 Å². The van der Waals surface area contributed by atoms with E-state index in [4.69, 9.17) is 15.4 Å². The van der Waals surface area contributed by atoms with Gasteiger partial charge in [0.25, 0.3) is 5.79 Å². The molecule has 0 saturated carbocycles. The van der Waals surface area contributed by atoms with Gasteiger partial charge in [0, 0.05) is 18.4 Å². The molecular formula is C12H21N4O12P. The maximum absolute atomic E-state index is 11.8. The van der Waals surface area contributed by atoms with Gasteiger partial charge in [-0.25, -0.2) is 13.9 Å². The van der Waals surface area contributed by atoms with Gasteiger partial charge in [0.05, 0.1) is 18.8 Å². The average molecular weight is 444 g/mol. The lowest BCUT2D eigenvalue weighted by molar-refractivity contribution is -0.288. The fourth-order valence-corrected chi connectivity index (χ4v) is 3.18. The van der Waals surface area contributed by atoms with Crippen LogP contribution in [0.2, 0.25) is 0 Å². The molecule has 1 aliphatic heterocycles. The number of ether oxygens (including phenoxy) is 1. The molecule has 1 heterocycles. The molecular weight excluding hydrogens is 423 g/mol. The molecule has 0 spiro atoms. The number of carboxylic acids is 1. The molecule has 1 rings (SSSR count). The molecule has 0 radical (unpaired) electrons. The molecule has 7 N–H and O–H groups in total. The molecule has 166 valence electrons. The Balaban J connectivity index is 3.31. The van der Waals surface area contributed by atoms with Gasteiger partial charge in [-0.1, -0.05) is 5.11 Å². The topological polar surface area (TPSA) is 261 Å². The van der Waals surface area contributed by atoms with Crippen molar-refractivity contribution in [2.24, 2.45) is 5.11 Å². The maximum atomic E-state index is 11.8. The number of nitrogens with one attached hydrogen (secondary N) is 1. The van der Waals surface area contributed by atoms with E-state index in [-0.39, 0.29) is 0 Å². The summed E-state index contributed by atoms with van der Waals surface area (Å²) in [6, 6.07) is -1.59. The van der Waals surface area contributed by atoms with Crippen molar-refractivity contribution < 1.29 is 58.4 Å². The number of aliphatic hydroxyl groups is 4. The third-order valence-corrected chi connectivity index (χ3v) is 4.90. The number of carbonyl (C=O) groups is 2. The van der Waals surface area contributed by atoms with Gasteiger partial charge < -0.3 is 40.5 Å². The van der Waals surface area contributed by atoms with E-state index in [1.165, 1.54) is 0 Å². The molecule has 0 aromatic rings. The minimum atomic E-state index is -4.99. The van der Waals surface area contributed by atoms with E-state index in [0.717, 1.165) is 7.11 Å². The maximum Gasteiger partial charge on any atom is 0.474 e. The first-order chi connectivity index (χ1) is 13.4. The zero-order valence-corrected chi connectivity index (χ0v) is 15.8. The van der Waals surface area contributed by atoms with Gasteiger partial charge in [0.2, 0.25) is 5.91 Å². The molecule has 5 unspecified atom stereocenters.